The Labute approximate surface area is 160 Å². The maximum Gasteiger partial charge on any atom is 0.254 e. The van der Waals surface area contributed by atoms with Gasteiger partial charge in [-0.15, -0.1) is 0 Å². The average Bonchev–Trinajstić information content (AvgIpc) is 3.41. The van der Waals surface area contributed by atoms with E-state index in [2.05, 4.69) is 25.3 Å². The van der Waals surface area contributed by atoms with E-state index in [1.807, 2.05) is 29.3 Å². The number of ether oxygens (including phenoxy) is 1. The lowest BCUT2D eigenvalue weighted by molar-refractivity contribution is 0.0935. The Morgan fingerprint density at radius 1 is 1.39 bits per heavy atom. The molecule has 1 aliphatic heterocycles. The number of rotatable bonds is 5. The molecule has 3 aromatic rings. The number of anilines is 1. The smallest absolute Gasteiger partial charge is 0.254 e. The summed E-state index contributed by atoms with van der Waals surface area (Å²) in [4.78, 5) is 30.3. The molecule has 28 heavy (non-hydrogen) atoms. The minimum Gasteiger partial charge on any atom is -0.481 e. The van der Waals surface area contributed by atoms with E-state index in [-0.39, 0.29) is 17.5 Å². The predicted molar refractivity (Wildman–Crippen MR) is 101 cm³/mol. The molecule has 1 unspecified atom stereocenters. The fourth-order valence-corrected chi connectivity index (χ4v) is 3.17. The molecule has 1 saturated heterocycles. The van der Waals surface area contributed by atoms with Crippen molar-refractivity contribution < 1.29 is 13.9 Å². The van der Waals surface area contributed by atoms with Gasteiger partial charge in [-0.25, -0.2) is 19.3 Å². The molecule has 1 atom stereocenters. The van der Waals surface area contributed by atoms with Gasteiger partial charge >= 0.3 is 0 Å². The van der Waals surface area contributed by atoms with Crippen LogP contribution in [0.5, 0.6) is 5.88 Å². The second-order valence-electron chi connectivity index (χ2n) is 6.44. The third-order valence-corrected chi connectivity index (χ3v) is 4.61. The number of halogens is 1. The van der Waals surface area contributed by atoms with Gasteiger partial charge < -0.3 is 19.9 Å². The van der Waals surface area contributed by atoms with Gasteiger partial charge in [0, 0.05) is 37.6 Å². The topological polar surface area (TPSA) is 96.0 Å². The van der Waals surface area contributed by atoms with E-state index >= 15 is 0 Å². The first-order valence-corrected chi connectivity index (χ1v) is 8.86. The zero-order valence-electron chi connectivity index (χ0n) is 15.2. The molecule has 1 amide bonds. The molecule has 0 saturated carbocycles. The summed E-state index contributed by atoms with van der Waals surface area (Å²) in [5.41, 5.74) is 1.62. The molecule has 9 heteroatoms. The average molecular weight is 382 g/mol. The number of aromatic nitrogens is 4. The summed E-state index contributed by atoms with van der Waals surface area (Å²) in [6, 6.07) is 6.84. The molecule has 8 nitrogen and oxygen atoms in total. The highest BCUT2D eigenvalue weighted by molar-refractivity contribution is 5.95. The lowest BCUT2D eigenvalue weighted by atomic mass is 10.2. The van der Waals surface area contributed by atoms with Crippen molar-refractivity contribution in [2.24, 2.45) is 0 Å². The van der Waals surface area contributed by atoms with Gasteiger partial charge in [-0.05, 0) is 24.6 Å². The van der Waals surface area contributed by atoms with Gasteiger partial charge in [0.05, 0.1) is 30.3 Å². The molecule has 0 radical (unpaired) electrons. The van der Waals surface area contributed by atoms with Crippen LogP contribution in [0.2, 0.25) is 0 Å². The van der Waals surface area contributed by atoms with Crippen molar-refractivity contribution in [2.75, 3.05) is 25.1 Å². The highest BCUT2D eigenvalue weighted by Gasteiger charge is 2.27. The van der Waals surface area contributed by atoms with Gasteiger partial charge in [0.2, 0.25) is 11.8 Å². The van der Waals surface area contributed by atoms with E-state index in [1.165, 1.54) is 13.2 Å². The van der Waals surface area contributed by atoms with Crippen molar-refractivity contribution in [3.05, 3.63) is 54.2 Å². The van der Waals surface area contributed by atoms with Crippen LogP contribution in [0, 0.1) is 5.82 Å². The molecule has 144 valence electrons. The minimum absolute atomic E-state index is 0.0877. The number of nitrogens with one attached hydrogen (secondary N) is 2. The molecule has 2 N–H and O–H groups in total. The summed E-state index contributed by atoms with van der Waals surface area (Å²) in [6.45, 7) is 1.24. The van der Waals surface area contributed by atoms with Crippen LogP contribution in [0.1, 0.15) is 16.8 Å². The van der Waals surface area contributed by atoms with Crippen molar-refractivity contribution >= 4 is 11.9 Å². The Kier molecular flexibility index (Phi) is 4.88. The molecule has 3 aromatic heterocycles. The van der Waals surface area contributed by atoms with E-state index in [0.717, 1.165) is 17.6 Å². The van der Waals surface area contributed by atoms with E-state index in [1.54, 1.807) is 6.20 Å². The highest BCUT2D eigenvalue weighted by Crippen LogP contribution is 2.21. The molecule has 0 aliphatic carbocycles. The zero-order chi connectivity index (χ0) is 19.5. The van der Waals surface area contributed by atoms with Crippen molar-refractivity contribution in [3.63, 3.8) is 0 Å². The lowest BCUT2D eigenvalue weighted by Crippen LogP contribution is -2.37. The first-order chi connectivity index (χ1) is 13.6. The van der Waals surface area contributed by atoms with E-state index < -0.39 is 11.7 Å². The van der Waals surface area contributed by atoms with Crippen molar-refractivity contribution in [1.82, 2.24) is 25.3 Å². The highest BCUT2D eigenvalue weighted by atomic mass is 19.1. The van der Waals surface area contributed by atoms with Crippen molar-refractivity contribution in [1.29, 1.82) is 0 Å². The molecule has 4 rings (SSSR count). The third-order valence-electron chi connectivity index (χ3n) is 4.61. The fourth-order valence-electron chi connectivity index (χ4n) is 3.17. The molecule has 0 spiro atoms. The van der Waals surface area contributed by atoms with Crippen LogP contribution in [0.4, 0.5) is 10.3 Å². The minimum atomic E-state index is -0.685. The van der Waals surface area contributed by atoms with Crippen LogP contribution in [-0.2, 0) is 0 Å². The van der Waals surface area contributed by atoms with Crippen LogP contribution >= 0.6 is 0 Å². The summed E-state index contributed by atoms with van der Waals surface area (Å²) in [5, 5.41) is 2.86. The maximum absolute atomic E-state index is 13.9. The second kappa shape index (κ2) is 7.63. The molecular weight excluding hydrogens is 363 g/mol. The summed E-state index contributed by atoms with van der Waals surface area (Å²) in [7, 11) is 1.41. The van der Waals surface area contributed by atoms with Crippen LogP contribution in [0.3, 0.4) is 0 Å². The Balaban J connectivity index is 1.43. The van der Waals surface area contributed by atoms with Gasteiger partial charge in [-0.2, -0.15) is 0 Å². The van der Waals surface area contributed by atoms with Crippen molar-refractivity contribution in [3.8, 4) is 17.3 Å². The van der Waals surface area contributed by atoms with E-state index in [4.69, 9.17) is 4.74 Å². The van der Waals surface area contributed by atoms with E-state index in [9.17, 15) is 9.18 Å². The van der Waals surface area contributed by atoms with Gasteiger partial charge in [0.25, 0.3) is 5.91 Å². The Morgan fingerprint density at radius 2 is 2.29 bits per heavy atom. The zero-order valence-corrected chi connectivity index (χ0v) is 15.2. The Hall–Kier alpha value is -3.49. The Morgan fingerprint density at radius 3 is 3.07 bits per heavy atom. The fraction of sp³-hybridized carbons (Fsp3) is 0.263. The largest absolute Gasteiger partial charge is 0.481 e. The SMILES string of the molecule is COc1cc(C(=O)NC2CCN(c3nccc(-c4ccc[nH]4)n3)C2)c(F)cn1. The molecule has 0 bridgehead atoms. The Bertz CT molecular complexity index is 978. The molecule has 1 aliphatic rings. The number of hydrogen-bond donors (Lipinski definition) is 2. The number of carbonyl (C=O) groups excluding carboxylic acids is 1. The number of carbonyl (C=O) groups is 1. The number of aromatic amines is 1. The quantitative estimate of drug-likeness (QED) is 0.701. The van der Waals surface area contributed by atoms with Crippen molar-refractivity contribution in [2.45, 2.75) is 12.5 Å². The first kappa shape index (κ1) is 17.9. The monoisotopic (exact) mass is 382 g/mol. The standard InChI is InChI=1S/C19H19FN6O2/c1-28-17-9-13(14(20)10-23-17)18(27)24-12-5-8-26(11-12)19-22-7-4-16(25-19)15-3-2-6-21-15/h2-4,6-7,9-10,12,21H,5,8,11H2,1H3,(H,24,27). The maximum atomic E-state index is 13.9. The summed E-state index contributed by atoms with van der Waals surface area (Å²) >= 11 is 0. The van der Waals surface area contributed by atoms with Gasteiger partial charge in [0.1, 0.15) is 0 Å². The molecule has 4 heterocycles. The van der Waals surface area contributed by atoms with Gasteiger partial charge in [0.15, 0.2) is 5.82 Å². The van der Waals surface area contributed by atoms with E-state index in [0.29, 0.717) is 25.5 Å². The molecular formula is C19H19FN6O2. The lowest BCUT2D eigenvalue weighted by Gasteiger charge is -2.17. The number of methoxy groups -OCH3 is 1. The predicted octanol–water partition coefficient (Wildman–Crippen LogP) is 2.02. The number of H-pyrrole nitrogens is 1. The summed E-state index contributed by atoms with van der Waals surface area (Å²) in [5.74, 6) is -0.393. The van der Waals surface area contributed by atoms with Gasteiger partial charge in [-0.1, -0.05) is 0 Å². The first-order valence-electron chi connectivity index (χ1n) is 8.86. The summed E-state index contributed by atoms with van der Waals surface area (Å²) < 4.78 is 18.9. The number of hydrogen-bond acceptors (Lipinski definition) is 6. The van der Waals surface area contributed by atoms with Crippen LogP contribution in [0.15, 0.2) is 42.9 Å². The van der Waals surface area contributed by atoms with Gasteiger partial charge in [-0.3, -0.25) is 4.79 Å². The number of nitrogens with zero attached hydrogens (tertiary/aromatic N) is 4. The number of amides is 1. The second-order valence-corrected chi connectivity index (χ2v) is 6.44. The molecule has 0 aromatic carbocycles. The van der Waals surface area contributed by atoms with Crippen LogP contribution in [0.25, 0.3) is 11.4 Å². The number of pyridine rings is 1. The molecule has 1 fully saturated rings. The summed E-state index contributed by atoms with van der Waals surface area (Å²) in [6.07, 6.45) is 5.25. The third kappa shape index (κ3) is 3.64. The normalized spacial score (nSPS) is 16.2. The van der Waals surface area contributed by atoms with Crippen LogP contribution < -0.4 is 15.0 Å². The van der Waals surface area contributed by atoms with Crippen LogP contribution in [-0.4, -0.2) is 52.1 Å².